The van der Waals surface area contributed by atoms with Crippen LogP contribution < -0.4 is 5.32 Å². The number of nitrogens with one attached hydrogen (secondary N) is 1. The molecule has 1 heterocycles. The average Bonchev–Trinajstić information content (AvgIpc) is 2.95. The minimum absolute atomic E-state index is 0.0126. The summed E-state index contributed by atoms with van der Waals surface area (Å²) in [5.41, 5.74) is 0. The van der Waals surface area contributed by atoms with E-state index in [0.29, 0.717) is 5.92 Å². The molecule has 1 fully saturated rings. The van der Waals surface area contributed by atoms with Gasteiger partial charge in [0, 0.05) is 17.5 Å². The number of carbonyl (C=O) groups is 1. The van der Waals surface area contributed by atoms with E-state index >= 15 is 0 Å². The van der Waals surface area contributed by atoms with Crippen LogP contribution in [-0.4, -0.2) is 12.5 Å². The molecule has 0 aromatic carbocycles. The number of amides is 1. The van der Waals surface area contributed by atoms with E-state index in [-0.39, 0.29) is 5.91 Å². The lowest BCUT2D eigenvalue weighted by Crippen LogP contribution is -2.26. The van der Waals surface area contributed by atoms with E-state index < -0.39 is 0 Å². The van der Waals surface area contributed by atoms with Crippen molar-refractivity contribution in [3.63, 3.8) is 0 Å². The molecule has 92 valence electrons. The van der Waals surface area contributed by atoms with E-state index in [0.717, 1.165) is 15.8 Å². The fourth-order valence-corrected chi connectivity index (χ4v) is 3.06. The van der Waals surface area contributed by atoms with E-state index in [4.69, 9.17) is 11.6 Å². The fourth-order valence-electron chi connectivity index (χ4n) is 2.09. The van der Waals surface area contributed by atoms with Crippen LogP contribution in [0.5, 0.6) is 0 Å². The van der Waals surface area contributed by atoms with E-state index in [1.807, 2.05) is 12.1 Å². The van der Waals surface area contributed by atoms with Gasteiger partial charge < -0.3 is 5.32 Å². The molecule has 0 aliphatic heterocycles. The van der Waals surface area contributed by atoms with Gasteiger partial charge in [-0.3, -0.25) is 4.79 Å². The van der Waals surface area contributed by atoms with Gasteiger partial charge in [0.25, 0.3) is 0 Å². The van der Waals surface area contributed by atoms with Gasteiger partial charge >= 0.3 is 0 Å². The monoisotopic (exact) mass is 269 g/mol. The molecule has 1 N–H and O–H groups in total. The number of rotatable bonds is 4. The van der Waals surface area contributed by atoms with Gasteiger partial charge in [0.05, 0.1) is 4.34 Å². The first-order chi connectivity index (χ1) is 8.24. The Morgan fingerprint density at radius 3 is 2.88 bits per heavy atom. The van der Waals surface area contributed by atoms with Gasteiger partial charge in [-0.25, -0.2) is 0 Å². The summed E-state index contributed by atoms with van der Waals surface area (Å²) in [5.74, 6) is 0.671. The molecule has 1 aliphatic rings. The maximum absolute atomic E-state index is 11.6. The average molecular weight is 270 g/mol. The summed E-state index contributed by atoms with van der Waals surface area (Å²) >= 11 is 7.28. The van der Waals surface area contributed by atoms with Crippen LogP contribution in [0.25, 0.3) is 6.08 Å². The Balaban J connectivity index is 1.74. The second-order valence-electron chi connectivity index (χ2n) is 4.37. The molecule has 4 heteroatoms. The molecule has 1 aromatic heterocycles. The van der Waals surface area contributed by atoms with E-state index in [1.165, 1.54) is 37.0 Å². The molecule has 0 bridgehead atoms. The zero-order valence-corrected chi connectivity index (χ0v) is 11.2. The zero-order valence-electron chi connectivity index (χ0n) is 9.62. The third-order valence-electron chi connectivity index (χ3n) is 3.03. The van der Waals surface area contributed by atoms with Gasteiger partial charge in [0.1, 0.15) is 0 Å². The Morgan fingerprint density at radius 1 is 1.47 bits per heavy atom. The highest BCUT2D eigenvalue weighted by Gasteiger charge is 2.14. The molecule has 0 spiro atoms. The summed E-state index contributed by atoms with van der Waals surface area (Å²) in [4.78, 5) is 12.6. The highest BCUT2D eigenvalue weighted by atomic mass is 35.5. The van der Waals surface area contributed by atoms with Crippen LogP contribution >= 0.6 is 22.9 Å². The zero-order chi connectivity index (χ0) is 12.1. The maximum atomic E-state index is 11.6. The third-order valence-corrected chi connectivity index (χ3v) is 4.23. The molecule has 2 rings (SSSR count). The molecule has 17 heavy (non-hydrogen) atoms. The van der Waals surface area contributed by atoms with Crippen LogP contribution in [0.15, 0.2) is 18.2 Å². The quantitative estimate of drug-likeness (QED) is 0.830. The van der Waals surface area contributed by atoms with Crippen LogP contribution in [-0.2, 0) is 4.79 Å². The number of hydrogen-bond donors (Lipinski definition) is 1. The summed E-state index contributed by atoms with van der Waals surface area (Å²) in [7, 11) is 0. The maximum Gasteiger partial charge on any atom is 0.244 e. The van der Waals surface area contributed by atoms with Crippen molar-refractivity contribution in [1.29, 1.82) is 0 Å². The summed E-state index contributed by atoms with van der Waals surface area (Å²) in [5, 5.41) is 2.95. The van der Waals surface area contributed by atoms with Gasteiger partial charge in [0.2, 0.25) is 5.91 Å². The number of thiophene rings is 1. The van der Waals surface area contributed by atoms with Crippen molar-refractivity contribution >= 4 is 34.9 Å². The second kappa shape index (κ2) is 6.22. The van der Waals surface area contributed by atoms with Crippen molar-refractivity contribution in [2.75, 3.05) is 6.54 Å². The van der Waals surface area contributed by atoms with E-state index in [1.54, 1.807) is 12.2 Å². The molecule has 2 nitrogen and oxygen atoms in total. The molecule has 1 amide bonds. The molecule has 1 aliphatic carbocycles. The van der Waals surface area contributed by atoms with Crippen molar-refractivity contribution in [2.45, 2.75) is 25.7 Å². The van der Waals surface area contributed by atoms with Crippen LogP contribution in [0.4, 0.5) is 0 Å². The van der Waals surface area contributed by atoms with Crippen molar-refractivity contribution in [1.82, 2.24) is 5.32 Å². The molecule has 0 saturated heterocycles. The van der Waals surface area contributed by atoms with Crippen molar-refractivity contribution in [3.05, 3.63) is 27.4 Å². The van der Waals surface area contributed by atoms with Crippen LogP contribution in [0, 0.1) is 5.92 Å². The summed E-state index contributed by atoms with van der Waals surface area (Å²) in [6.07, 6.45) is 8.51. The molecule has 1 saturated carbocycles. The fraction of sp³-hybridized carbons (Fsp3) is 0.462. The lowest BCUT2D eigenvalue weighted by Gasteiger charge is -2.08. The minimum atomic E-state index is -0.0126. The first-order valence-corrected chi connectivity index (χ1v) is 7.15. The van der Waals surface area contributed by atoms with Crippen molar-refractivity contribution in [3.8, 4) is 0 Å². The van der Waals surface area contributed by atoms with Gasteiger partial charge in [-0.15, -0.1) is 11.3 Å². The number of carbonyl (C=O) groups excluding carboxylic acids is 1. The predicted octanol–water partition coefficient (Wildman–Crippen LogP) is 3.72. The second-order valence-corrected chi connectivity index (χ2v) is 6.12. The first kappa shape index (κ1) is 12.7. The van der Waals surface area contributed by atoms with Gasteiger partial charge in [0.15, 0.2) is 0 Å². The predicted molar refractivity (Wildman–Crippen MR) is 73.3 cm³/mol. The summed E-state index contributed by atoms with van der Waals surface area (Å²) in [6, 6.07) is 3.75. The topological polar surface area (TPSA) is 29.1 Å². The Kier molecular flexibility index (Phi) is 4.63. The van der Waals surface area contributed by atoms with E-state index in [2.05, 4.69) is 5.32 Å². The third kappa shape index (κ3) is 4.17. The SMILES string of the molecule is O=C(/C=C/c1ccc(Cl)s1)NCC1CCCC1. The van der Waals surface area contributed by atoms with Crippen LogP contribution in [0.1, 0.15) is 30.6 Å². The van der Waals surface area contributed by atoms with Gasteiger partial charge in [-0.1, -0.05) is 24.4 Å². The standard InChI is InChI=1S/C13H16ClNOS/c14-12-7-5-11(17-12)6-8-13(16)15-9-10-3-1-2-4-10/h5-8,10H,1-4,9H2,(H,15,16)/b8-6+. The van der Waals surface area contributed by atoms with Gasteiger partial charge in [-0.05, 0) is 37.0 Å². The van der Waals surface area contributed by atoms with Crippen LogP contribution in [0.3, 0.4) is 0 Å². The minimum Gasteiger partial charge on any atom is -0.352 e. The summed E-state index contributed by atoms with van der Waals surface area (Å²) < 4.78 is 0.746. The Labute approximate surface area is 111 Å². The largest absolute Gasteiger partial charge is 0.352 e. The molecule has 1 aromatic rings. The molecule has 0 radical (unpaired) electrons. The molecular formula is C13H16ClNOS. The number of hydrogen-bond acceptors (Lipinski definition) is 2. The Morgan fingerprint density at radius 2 is 2.24 bits per heavy atom. The smallest absolute Gasteiger partial charge is 0.244 e. The lowest BCUT2D eigenvalue weighted by molar-refractivity contribution is -0.116. The van der Waals surface area contributed by atoms with Crippen LogP contribution in [0.2, 0.25) is 4.34 Å². The first-order valence-electron chi connectivity index (χ1n) is 5.95. The highest BCUT2D eigenvalue weighted by molar-refractivity contribution is 7.17. The van der Waals surface area contributed by atoms with Crippen molar-refractivity contribution < 1.29 is 4.79 Å². The highest BCUT2D eigenvalue weighted by Crippen LogP contribution is 2.24. The van der Waals surface area contributed by atoms with Crippen molar-refractivity contribution in [2.24, 2.45) is 5.92 Å². The Hall–Kier alpha value is -0.800. The number of halogens is 1. The molecule has 0 atom stereocenters. The Bertz CT molecular complexity index is 407. The molecular weight excluding hydrogens is 254 g/mol. The molecule has 0 unspecified atom stereocenters. The van der Waals surface area contributed by atoms with E-state index in [9.17, 15) is 4.79 Å². The summed E-state index contributed by atoms with van der Waals surface area (Å²) in [6.45, 7) is 0.814. The normalized spacial score (nSPS) is 16.8. The van der Waals surface area contributed by atoms with Gasteiger partial charge in [-0.2, -0.15) is 0 Å². The lowest BCUT2D eigenvalue weighted by atomic mass is 10.1.